The summed E-state index contributed by atoms with van der Waals surface area (Å²) in [6, 6.07) is 3.45. The monoisotopic (exact) mass is 166 g/mol. The van der Waals surface area contributed by atoms with Crippen LogP contribution in [0.1, 0.15) is 39.5 Å². The molecule has 1 aliphatic rings. The number of nitrogens with zero attached hydrogens (tertiary/aromatic N) is 2. The van der Waals surface area contributed by atoms with Crippen LogP contribution in [-0.4, -0.2) is 23.5 Å². The molecule has 1 aliphatic heterocycles. The minimum atomic E-state index is 0.461. The molecule has 0 radical (unpaired) electrons. The van der Waals surface area contributed by atoms with E-state index in [0.29, 0.717) is 12.5 Å². The second kappa shape index (κ2) is 4.47. The van der Waals surface area contributed by atoms with E-state index in [-0.39, 0.29) is 0 Å². The van der Waals surface area contributed by atoms with Crippen LogP contribution in [0.4, 0.5) is 0 Å². The molecule has 0 aromatic rings. The SMILES string of the molecule is CCC1CCCN1C(C)CC#N. The van der Waals surface area contributed by atoms with Gasteiger partial charge in [0.15, 0.2) is 0 Å². The van der Waals surface area contributed by atoms with Crippen LogP contribution >= 0.6 is 0 Å². The highest BCUT2D eigenvalue weighted by molar-refractivity contribution is 4.86. The zero-order chi connectivity index (χ0) is 8.97. The zero-order valence-electron chi connectivity index (χ0n) is 8.08. The summed E-state index contributed by atoms with van der Waals surface area (Å²) < 4.78 is 0. The van der Waals surface area contributed by atoms with Gasteiger partial charge in [0.2, 0.25) is 0 Å². The van der Waals surface area contributed by atoms with Crippen LogP contribution in [-0.2, 0) is 0 Å². The van der Waals surface area contributed by atoms with Crippen molar-refractivity contribution in [2.24, 2.45) is 0 Å². The van der Waals surface area contributed by atoms with Crippen molar-refractivity contribution < 1.29 is 0 Å². The second-order valence-corrected chi connectivity index (χ2v) is 3.65. The van der Waals surface area contributed by atoms with E-state index >= 15 is 0 Å². The van der Waals surface area contributed by atoms with Crippen molar-refractivity contribution in [3.8, 4) is 6.07 Å². The fourth-order valence-corrected chi connectivity index (χ4v) is 2.13. The van der Waals surface area contributed by atoms with Gasteiger partial charge in [-0.15, -0.1) is 0 Å². The molecule has 1 fully saturated rings. The third-order valence-corrected chi connectivity index (χ3v) is 2.85. The van der Waals surface area contributed by atoms with Crippen molar-refractivity contribution >= 4 is 0 Å². The van der Waals surface area contributed by atoms with Crippen LogP contribution in [0.15, 0.2) is 0 Å². The molecule has 68 valence electrons. The van der Waals surface area contributed by atoms with Gasteiger partial charge in [-0.1, -0.05) is 6.92 Å². The van der Waals surface area contributed by atoms with Crippen molar-refractivity contribution in [1.82, 2.24) is 4.90 Å². The van der Waals surface area contributed by atoms with E-state index < -0.39 is 0 Å². The molecule has 1 rings (SSSR count). The van der Waals surface area contributed by atoms with Gasteiger partial charge in [-0.2, -0.15) is 5.26 Å². The smallest absolute Gasteiger partial charge is 0.0638 e. The lowest BCUT2D eigenvalue weighted by atomic mass is 10.1. The molecule has 0 saturated carbocycles. The van der Waals surface area contributed by atoms with Gasteiger partial charge in [-0.3, -0.25) is 4.90 Å². The lowest BCUT2D eigenvalue weighted by Crippen LogP contribution is -2.36. The normalized spacial score (nSPS) is 26.9. The first-order valence-corrected chi connectivity index (χ1v) is 4.92. The topological polar surface area (TPSA) is 27.0 Å². The first-order chi connectivity index (χ1) is 5.79. The maximum Gasteiger partial charge on any atom is 0.0638 e. The molecule has 2 nitrogen and oxygen atoms in total. The number of likely N-dealkylation sites (tertiary alicyclic amines) is 1. The Balaban J connectivity index is 2.44. The number of rotatable bonds is 3. The summed E-state index contributed by atoms with van der Waals surface area (Å²) in [5.41, 5.74) is 0. The van der Waals surface area contributed by atoms with Crippen LogP contribution in [0, 0.1) is 11.3 Å². The Morgan fingerprint density at radius 3 is 3.00 bits per heavy atom. The van der Waals surface area contributed by atoms with E-state index in [4.69, 9.17) is 5.26 Å². The highest BCUT2D eigenvalue weighted by atomic mass is 15.2. The molecule has 0 aromatic carbocycles. The Kier molecular flexibility index (Phi) is 3.55. The van der Waals surface area contributed by atoms with Crippen molar-refractivity contribution in [1.29, 1.82) is 5.26 Å². The fourth-order valence-electron chi connectivity index (χ4n) is 2.13. The maximum absolute atomic E-state index is 8.58. The third kappa shape index (κ3) is 1.98. The van der Waals surface area contributed by atoms with Crippen LogP contribution < -0.4 is 0 Å². The summed E-state index contributed by atoms with van der Waals surface area (Å²) in [6.07, 6.45) is 4.55. The third-order valence-electron chi connectivity index (χ3n) is 2.85. The van der Waals surface area contributed by atoms with Crippen molar-refractivity contribution in [3.63, 3.8) is 0 Å². The Bertz CT molecular complexity index is 171. The van der Waals surface area contributed by atoms with Crippen molar-refractivity contribution in [3.05, 3.63) is 0 Å². The van der Waals surface area contributed by atoms with Gasteiger partial charge in [0.05, 0.1) is 12.5 Å². The second-order valence-electron chi connectivity index (χ2n) is 3.65. The summed E-state index contributed by atoms with van der Waals surface area (Å²) in [7, 11) is 0. The molecule has 2 unspecified atom stereocenters. The van der Waals surface area contributed by atoms with Gasteiger partial charge >= 0.3 is 0 Å². The average molecular weight is 166 g/mol. The van der Waals surface area contributed by atoms with Crippen LogP contribution in [0.2, 0.25) is 0 Å². The molecule has 2 heteroatoms. The van der Waals surface area contributed by atoms with E-state index in [9.17, 15) is 0 Å². The van der Waals surface area contributed by atoms with E-state index in [2.05, 4.69) is 24.8 Å². The summed E-state index contributed by atoms with van der Waals surface area (Å²) in [6.45, 7) is 5.60. The molecule has 1 heterocycles. The molecule has 1 saturated heterocycles. The molecule has 0 amide bonds. The Hall–Kier alpha value is -0.550. The molecular weight excluding hydrogens is 148 g/mol. The molecule has 0 bridgehead atoms. The minimum Gasteiger partial charge on any atom is -0.297 e. The lowest BCUT2D eigenvalue weighted by Gasteiger charge is -2.28. The van der Waals surface area contributed by atoms with Gasteiger partial charge in [0.25, 0.3) is 0 Å². The standard InChI is InChI=1S/C10H18N2/c1-3-10-5-4-8-12(10)9(2)6-7-11/h9-10H,3-6,8H2,1-2H3. The Morgan fingerprint density at radius 1 is 1.67 bits per heavy atom. The number of hydrogen-bond acceptors (Lipinski definition) is 2. The largest absolute Gasteiger partial charge is 0.297 e. The van der Waals surface area contributed by atoms with Gasteiger partial charge in [0.1, 0.15) is 0 Å². The molecule has 0 aliphatic carbocycles. The van der Waals surface area contributed by atoms with Gasteiger partial charge in [-0.25, -0.2) is 0 Å². The maximum atomic E-state index is 8.58. The van der Waals surface area contributed by atoms with Crippen LogP contribution in [0.3, 0.4) is 0 Å². The predicted octanol–water partition coefficient (Wildman–Crippen LogP) is 2.16. The van der Waals surface area contributed by atoms with E-state index in [1.807, 2.05) is 0 Å². The van der Waals surface area contributed by atoms with Crippen LogP contribution in [0.25, 0.3) is 0 Å². The summed E-state index contributed by atoms with van der Waals surface area (Å²) in [5, 5.41) is 8.58. The summed E-state index contributed by atoms with van der Waals surface area (Å²) in [5.74, 6) is 0. The van der Waals surface area contributed by atoms with E-state index in [1.165, 1.54) is 25.8 Å². The molecule has 12 heavy (non-hydrogen) atoms. The minimum absolute atomic E-state index is 0.461. The van der Waals surface area contributed by atoms with E-state index in [1.54, 1.807) is 0 Å². The van der Waals surface area contributed by atoms with E-state index in [0.717, 1.165) is 6.04 Å². The van der Waals surface area contributed by atoms with Crippen LogP contribution in [0.5, 0.6) is 0 Å². The first-order valence-electron chi connectivity index (χ1n) is 4.92. The number of nitriles is 1. The molecule has 0 spiro atoms. The van der Waals surface area contributed by atoms with Crippen molar-refractivity contribution in [2.45, 2.75) is 51.6 Å². The highest BCUT2D eigenvalue weighted by Crippen LogP contribution is 2.23. The quantitative estimate of drug-likeness (QED) is 0.642. The molecular formula is C10H18N2. The zero-order valence-corrected chi connectivity index (χ0v) is 8.08. The van der Waals surface area contributed by atoms with Gasteiger partial charge in [0, 0.05) is 12.1 Å². The Labute approximate surface area is 75.2 Å². The molecule has 0 aromatic heterocycles. The lowest BCUT2D eigenvalue weighted by molar-refractivity contribution is 0.189. The first kappa shape index (κ1) is 9.54. The molecule has 0 N–H and O–H groups in total. The van der Waals surface area contributed by atoms with Gasteiger partial charge < -0.3 is 0 Å². The van der Waals surface area contributed by atoms with Crippen molar-refractivity contribution in [2.75, 3.05) is 6.54 Å². The summed E-state index contributed by atoms with van der Waals surface area (Å²) in [4.78, 5) is 2.49. The average Bonchev–Trinajstić information content (AvgIpc) is 2.51. The fraction of sp³-hybridized carbons (Fsp3) is 0.900. The highest BCUT2D eigenvalue weighted by Gasteiger charge is 2.26. The number of hydrogen-bond donors (Lipinski definition) is 0. The molecule has 2 atom stereocenters. The predicted molar refractivity (Wildman–Crippen MR) is 49.7 cm³/mol. The summed E-state index contributed by atoms with van der Waals surface area (Å²) >= 11 is 0. The van der Waals surface area contributed by atoms with Gasteiger partial charge in [-0.05, 0) is 32.7 Å². The Morgan fingerprint density at radius 2 is 2.42 bits per heavy atom.